The molecule has 0 radical (unpaired) electrons. The molecule has 1 rings (SSSR count). The molecule has 0 saturated heterocycles. The third-order valence-electron chi connectivity index (χ3n) is 2.25. The molecule has 0 spiro atoms. The van der Waals surface area contributed by atoms with Crippen molar-refractivity contribution in [2.45, 2.75) is 12.3 Å². The Morgan fingerprint density at radius 3 is 2.17 bits per heavy atom. The van der Waals surface area contributed by atoms with E-state index in [9.17, 15) is 22.4 Å². The second-order valence-electron chi connectivity index (χ2n) is 3.37. The van der Waals surface area contributed by atoms with E-state index in [4.69, 9.17) is 5.11 Å². The normalized spacial score (nSPS) is 12.9. The summed E-state index contributed by atoms with van der Waals surface area (Å²) in [6.45, 7) is 0. The fourth-order valence-corrected chi connectivity index (χ4v) is 1.72. The number of rotatable bonds is 4. The number of benzene rings is 1. The van der Waals surface area contributed by atoms with Crippen LogP contribution in [0, 0.1) is 23.3 Å². The summed E-state index contributed by atoms with van der Waals surface area (Å²) in [5.74, 6) is -9.83. The molecule has 0 aromatic heterocycles. The van der Waals surface area contributed by atoms with Crippen LogP contribution in [0.4, 0.5) is 17.6 Å². The highest BCUT2D eigenvalue weighted by Crippen LogP contribution is 2.29. The maximum atomic E-state index is 13.4. The van der Waals surface area contributed by atoms with Crippen LogP contribution in [-0.2, 0) is 4.79 Å². The van der Waals surface area contributed by atoms with Gasteiger partial charge in [0.15, 0.2) is 23.3 Å². The first-order valence-corrected chi connectivity index (χ1v) is 5.95. The second kappa shape index (κ2) is 6.17. The second-order valence-corrected chi connectivity index (χ2v) is 4.09. The van der Waals surface area contributed by atoms with Crippen molar-refractivity contribution in [3.63, 3.8) is 0 Å². The van der Waals surface area contributed by atoms with E-state index in [-0.39, 0.29) is 12.5 Å². The first kappa shape index (κ1) is 14.9. The number of carboxylic acid groups (broad SMARTS) is 1. The lowest BCUT2D eigenvalue weighted by molar-refractivity contribution is -0.138. The summed E-state index contributed by atoms with van der Waals surface area (Å²) in [6, 6.07) is 0.0429. The van der Waals surface area contributed by atoms with Gasteiger partial charge in [-0.1, -0.05) is 28.7 Å². The Labute approximate surface area is 113 Å². The Bertz CT molecular complexity index is 476. The van der Waals surface area contributed by atoms with Crippen molar-refractivity contribution in [3.8, 4) is 0 Å². The highest BCUT2D eigenvalue weighted by Gasteiger charge is 2.30. The minimum Gasteiger partial charge on any atom is -0.481 e. The molecule has 18 heavy (non-hydrogen) atoms. The summed E-state index contributed by atoms with van der Waals surface area (Å²) in [4.78, 5) is 10.9. The van der Waals surface area contributed by atoms with Gasteiger partial charge in [0.05, 0.1) is 5.92 Å². The topological polar surface area (TPSA) is 37.3 Å². The number of allylic oxidation sites excluding steroid dienone is 1. The number of hydrogen-bond acceptors (Lipinski definition) is 1. The van der Waals surface area contributed by atoms with Gasteiger partial charge in [-0.15, -0.1) is 0 Å². The number of aliphatic carboxylic acids is 1. The average Bonchev–Trinajstić information content (AvgIpc) is 2.30. The van der Waals surface area contributed by atoms with Crippen LogP contribution < -0.4 is 0 Å². The van der Waals surface area contributed by atoms with Crippen LogP contribution in [0.3, 0.4) is 0 Å². The van der Waals surface area contributed by atoms with Gasteiger partial charge in [-0.3, -0.25) is 4.79 Å². The zero-order valence-corrected chi connectivity index (χ0v) is 10.9. The van der Waals surface area contributed by atoms with Crippen molar-refractivity contribution < 1.29 is 27.5 Å². The maximum absolute atomic E-state index is 13.4. The number of carbonyl (C=O) groups is 1. The molecule has 1 aromatic rings. The Morgan fingerprint density at radius 2 is 1.78 bits per heavy atom. The fraction of sp³-hybridized carbons (Fsp3) is 0.182. The van der Waals surface area contributed by atoms with E-state index in [2.05, 4.69) is 0 Å². The molecule has 0 aliphatic heterocycles. The van der Waals surface area contributed by atoms with Gasteiger partial charge in [0.1, 0.15) is 0 Å². The molecule has 0 heterocycles. The average molecular weight is 374 g/mol. The molecule has 0 amide bonds. The third kappa shape index (κ3) is 3.01. The van der Waals surface area contributed by atoms with Crippen molar-refractivity contribution in [1.29, 1.82) is 0 Å². The standard InChI is InChI=1S/C11H7F4IO2/c12-6-4-7(13)10(15)8(9(6)14)5(11(17)18)2-1-3-16/h1,3-5H,2H2,(H,17,18). The van der Waals surface area contributed by atoms with E-state index in [1.807, 2.05) is 0 Å². The van der Waals surface area contributed by atoms with Crippen LogP contribution in [-0.4, -0.2) is 11.1 Å². The maximum Gasteiger partial charge on any atom is 0.311 e. The first-order chi connectivity index (χ1) is 8.40. The molecule has 0 bridgehead atoms. The Kier molecular flexibility index (Phi) is 5.12. The summed E-state index contributed by atoms with van der Waals surface area (Å²) in [7, 11) is 0. The van der Waals surface area contributed by atoms with Crippen molar-refractivity contribution >= 4 is 28.6 Å². The SMILES string of the molecule is O=C(O)C(CC=CI)c1c(F)c(F)cc(F)c1F. The molecule has 7 heteroatoms. The van der Waals surface area contributed by atoms with Crippen molar-refractivity contribution in [2.75, 3.05) is 0 Å². The number of halogens is 5. The van der Waals surface area contributed by atoms with Crippen LogP contribution in [0.2, 0.25) is 0 Å². The zero-order valence-electron chi connectivity index (χ0n) is 8.76. The van der Waals surface area contributed by atoms with E-state index < -0.39 is 40.7 Å². The Balaban J connectivity index is 3.40. The van der Waals surface area contributed by atoms with E-state index >= 15 is 0 Å². The molecule has 0 fully saturated rings. The number of hydrogen-bond donors (Lipinski definition) is 1. The minimum atomic E-state index is -1.68. The molecule has 1 N–H and O–H groups in total. The lowest BCUT2D eigenvalue weighted by Gasteiger charge is -2.13. The van der Waals surface area contributed by atoms with Crippen LogP contribution in [0.5, 0.6) is 0 Å². The van der Waals surface area contributed by atoms with Gasteiger partial charge >= 0.3 is 5.97 Å². The predicted molar refractivity (Wildman–Crippen MR) is 64.4 cm³/mol. The first-order valence-electron chi connectivity index (χ1n) is 4.71. The Morgan fingerprint density at radius 1 is 1.28 bits per heavy atom. The van der Waals surface area contributed by atoms with E-state index in [0.717, 1.165) is 0 Å². The van der Waals surface area contributed by atoms with Crippen molar-refractivity contribution in [3.05, 3.63) is 45.1 Å². The lowest BCUT2D eigenvalue weighted by Crippen LogP contribution is -2.16. The van der Waals surface area contributed by atoms with Crippen LogP contribution in [0.15, 0.2) is 16.2 Å². The lowest BCUT2D eigenvalue weighted by atomic mass is 9.94. The van der Waals surface area contributed by atoms with Gasteiger partial charge in [0.2, 0.25) is 0 Å². The molecule has 0 aliphatic rings. The highest BCUT2D eigenvalue weighted by molar-refractivity contribution is 14.1. The van der Waals surface area contributed by atoms with E-state index in [1.54, 1.807) is 22.6 Å². The van der Waals surface area contributed by atoms with Gasteiger partial charge < -0.3 is 5.11 Å². The molecular formula is C11H7F4IO2. The number of carboxylic acids is 1. The van der Waals surface area contributed by atoms with E-state index in [0.29, 0.717) is 0 Å². The predicted octanol–water partition coefficient (Wildman–Crippen LogP) is 3.75. The van der Waals surface area contributed by atoms with Crippen LogP contribution >= 0.6 is 22.6 Å². The monoisotopic (exact) mass is 374 g/mol. The molecule has 0 aliphatic carbocycles. The van der Waals surface area contributed by atoms with Crippen molar-refractivity contribution in [1.82, 2.24) is 0 Å². The van der Waals surface area contributed by atoms with Crippen molar-refractivity contribution in [2.24, 2.45) is 0 Å². The van der Waals surface area contributed by atoms with Crippen LogP contribution in [0.25, 0.3) is 0 Å². The summed E-state index contributed by atoms with van der Waals surface area (Å²) >= 11 is 1.79. The smallest absolute Gasteiger partial charge is 0.311 e. The molecule has 2 nitrogen and oxygen atoms in total. The van der Waals surface area contributed by atoms with Gasteiger partial charge in [-0.25, -0.2) is 17.6 Å². The van der Waals surface area contributed by atoms with Gasteiger partial charge in [0, 0.05) is 11.6 Å². The van der Waals surface area contributed by atoms with E-state index in [1.165, 1.54) is 10.2 Å². The fourth-order valence-electron chi connectivity index (χ4n) is 1.43. The molecule has 1 atom stereocenters. The molecule has 1 unspecified atom stereocenters. The summed E-state index contributed by atoms with van der Waals surface area (Å²) < 4.78 is 54.2. The molecule has 0 saturated carbocycles. The molecule has 98 valence electrons. The van der Waals surface area contributed by atoms with Crippen LogP contribution in [0.1, 0.15) is 17.9 Å². The third-order valence-corrected chi connectivity index (χ3v) is 2.76. The Hall–Kier alpha value is -1.12. The summed E-state index contributed by atoms with van der Waals surface area (Å²) in [5, 5.41) is 8.87. The minimum absolute atomic E-state index is 0.0429. The zero-order chi connectivity index (χ0) is 13.9. The quantitative estimate of drug-likeness (QED) is 0.495. The summed E-state index contributed by atoms with van der Waals surface area (Å²) in [6.07, 6.45) is 1.07. The van der Waals surface area contributed by atoms with Gasteiger partial charge in [-0.2, -0.15) is 0 Å². The molecule has 1 aromatic carbocycles. The summed E-state index contributed by atoms with van der Waals surface area (Å²) in [5.41, 5.74) is -1.10. The van der Waals surface area contributed by atoms with Gasteiger partial charge in [-0.05, 0) is 10.5 Å². The molecular weight excluding hydrogens is 367 g/mol. The highest BCUT2D eigenvalue weighted by atomic mass is 127. The van der Waals surface area contributed by atoms with Gasteiger partial charge in [0.25, 0.3) is 0 Å². The largest absolute Gasteiger partial charge is 0.481 e.